The van der Waals surface area contributed by atoms with E-state index >= 15 is 0 Å². The molecule has 1 aliphatic heterocycles. The van der Waals surface area contributed by atoms with Crippen LogP contribution in [-0.4, -0.2) is 44.4 Å². The monoisotopic (exact) mass is 537 g/mol. The second kappa shape index (κ2) is 12.4. The van der Waals surface area contributed by atoms with E-state index in [1.165, 1.54) is 6.33 Å². The van der Waals surface area contributed by atoms with Crippen molar-refractivity contribution >= 4 is 17.0 Å². The van der Waals surface area contributed by atoms with Gasteiger partial charge in [-0.15, -0.1) is 0 Å². The average molecular weight is 538 g/mol. The Morgan fingerprint density at radius 3 is 1.90 bits per heavy atom. The van der Waals surface area contributed by atoms with E-state index in [1.54, 1.807) is 6.33 Å². The standard InChI is InChI=1S/C31H31N5O4/c32-29-26-30(34-20-33-29)36(21-35-26)31-28(39-18-24-14-8-3-9-15-24)27(38-17-23-12-6-2-7-13-23)25(40-31)19-37-16-22-10-4-1-5-11-22/h1-15,20-21,25,27-28,31H,16-19H2,(H2,32,33,34)/t25-,27+,28-,31+/m0/s1. The van der Waals surface area contributed by atoms with Gasteiger partial charge >= 0.3 is 0 Å². The predicted molar refractivity (Wildman–Crippen MR) is 150 cm³/mol. The van der Waals surface area contributed by atoms with Gasteiger partial charge in [-0.3, -0.25) is 4.57 Å². The highest BCUT2D eigenvalue weighted by atomic mass is 16.6. The number of hydrogen-bond donors (Lipinski definition) is 1. The topological polar surface area (TPSA) is 107 Å². The van der Waals surface area contributed by atoms with Gasteiger partial charge in [0.2, 0.25) is 0 Å². The van der Waals surface area contributed by atoms with Crippen molar-refractivity contribution in [3.8, 4) is 0 Å². The first-order chi connectivity index (χ1) is 19.8. The number of imidazole rings is 1. The van der Waals surface area contributed by atoms with Gasteiger partial charge in [-0.1, -0.05) is 91.0 Å². The molecular weight excluding hydrogens is 506 g/mol. The molecule has 0 radical (unpaired) electrons. The lowest BCUT2D eigenvalue weighted by molar-refractivity contribution is -0.0913. The van der Waals surface area contributed by atoms with Crippen LogP contribution in [0.1, 0.15) is 22.9 Å². The molecule has 0 spiro atoms. The summed E-state index contributed by atoms with van der Waals surface area (Å²) in [7, 11) is 0. The van der Waals surface area contributed by atoms with Crippen LogP contribution < -0.4 is 5.73 Å². The van der Waals surface area contributed by atoms with Crippen molar-refractivity contribution in [2.75, 3.05) is 12.3 Å². The van der Waals surface area contributed by atoms with E-state index in [1.807, 2.05) is 95.6 Å². The average Bonchev–Trinajstić information content (AvgIpc) is 3.58. The largest absolute Gasteiger partial charge is 0.382 e. The first-order valence-electron chi connectivity index (χ1n) is 13.3. The molecule has 1 saturated heterocycles. The molecular formula is C31H31N5O4. The summed E-state index contributed by atoms with van der Waals surface area (Å²) in [4.78, 5) is 13.0. The second-order valence-corrected chi connectivity index (χ2v) is 9.67. The molecule has 5 aromatic rings. The van der Waals surface area contributed by atoms with Gasteiger partial charge in [0, 0.05) is 0 Å². The second-order valence-electron chi connectivity index (χ2n) is 9.67. The van der Waals surface area contributed by atoms with Crippen LogP contribution in [0.25, 0.3) is 11.2 Å². The zero-order chi connectivity index (χ0) is 27.1. The van der Waals surface area contributed by atoms with Crippen LogP contribution in [0.2, 0.25) is 0 Å². The number of nitrogen functional groups attached to an aromatic ring is 1. The summed E-state index contributed by atoms with van der Waals surface area (Å²) in [5, 5.41) is 0. The van der Waals surface area contributed by atoms with Gasteiger partial charge in [0.25, 0.3) is 0 Å². The Bertz CT molecular complexity index is 1500. The van der Waals surface area contributed by atoms with Crippen LogP contribution in [-0.2, 0) is 38.8 Å². The Morgan fingerprint density at radius 1 is 0.700 bits per heavy atom. The van der Waals surface area contributed by atoms with Crippen molar-refractivity contribution in [1.82, 2.24) is 19.5 Å². The van der Waals surface area contributed by atoms with E-state index in [9.17, 15) is 0 Å². The quantitative estimate of drug-likeness (QED) is 0.259. The molecule has 4 atom stereocenters. The molecule has 2 N–H and O–H groups in total. The van der Waals surface area contributed by atoms with E-state index in [0.717, 1.165) is 16.7 Å². The fourth-order valence-electron chi connectivity index (χ4n) is 4.90. The third-order valence-corrected chi connectivity index (χ3v) is 6.91. The Balaban J connectivity index is 1.29. The fourth-order valence-corrected chi connectivity index (χ4v) is 4.90. The third-order valence-electron chi connectivity index (χ3n) is 6.91. The van der Waals surface area contributed by atoms with Gasteiger partial charge in [-0.2, -0.15) is 0 Å². The highest BCUT2D eigenvalue weighted by Gasteiger charge is 2.48. The van der Waals surface area contributed by atoms with Gasteiger partial charge in [0.1, 0.15) is 30.2 Å². The Morgan fingerprint density at radius 2 is 1.27 bits per heavy atom. The maximum Gasteiger partial charge on any atom is 0.167 e. The van der Waals surface area contributed by atoms with E-state index in [4.69, 9.17) is 24.7 Å². The fraction of sp³-hybridized carbons (Fsp3) is 0.258. The van der Waals surface area contributed by atoms with Crippen molar-refractivity contribution < 1.29 is 18.9 Å². The SMILES string of the molecule is Nc1ncnc2c1ncn2[C@@H]1O[C@@H](COCc2ccccc2)[C@@H](OCc2ccccc2)[C@@H]1OCc1ccccc1. The number of hydrogen-bond acceptors (Lipinski definition) is 8. The van der Waals surface area contributed by atoms with Crippen LogP contribution in [0.15, 0.2) is 104 Å². The first-order valence-corrected chi connectivity index (χ1v) is 13.3. The zero-order valence-electron chi connectivity index (χ0n) is 22.0. The first kappa shape index (κ1) is 26.1. The van der Waals surface area contributed by atoms with Gasteiger partial charge in [0.15, 0.2) is 17.7 Å². The minimum atomic E-state index is -0.575. The van der Waals surface area contributed by atoms with Crippen LogP contribution >= 0.6 is 0 Å². The minimum Gasteiger partial charge on any atom is -0.382 e. The summed E-state index contributed by atoms with van der Waals surface area (Å²) < 4.78 is 27.7. The summed E-state index contributed by atoms with van der Waals surface area (Å²) in [5.41, 5.74) is 10.4. The molecule has 0 aliphatic carbocycles. The van der Waals surface area contributed by atoms with Gasteiger partial charge in [-0.05, 0) is 16.7 Å². The van der Waals surface area contributed by atoms with Gasteiger partial charge < -0.3 is 24.7 Å². The summed E-state index contributed by atoms with van der Waals surface area (Å²) in [5.74, 6) is 0.308. The molecule has 3 heterocycles. The number of anilines is 1. The highest BCUT2D eigenvalue weighted by Crippen LogP contribution is 2.37. The number of aromatic nitrogens is 4. The van der Waals surface area contributed by atoms with Crippen LogP contribution in [0, 0.1) is 0 Å². The van der Waals surface area contributed by atoms with Crippen LogP contribution in [0.3, 0.4) is 0 Å². The van der Waals surface area contributed by atoms with Gasteiger partial charge in [0.05, 0.1) is 32.8 Å². The molecule has 0 unspecified atom stereocenters. The number of benzene rings is 3. The van der Waals surface area contributed by atoms with Crippen LogP contribution in [0.5, 0.6) is 0 Å². The van der Waals surface area contributed by atoms with Crippen molar-refractivity contribution in [2.24, 2.45) is 0 Å². The highest BCUT2D eigenvalue weighted by molar-refractivity contribution is 5.81. The molecule has 3 aromatic carbocycles. The zero-order valence-corrected chi connectivity index (χ0v) is 22.0. The predicted octanol–water partition coefficient (Wildman–Crippen LogP) is 4.69. The summed E-state index contributed by atoms with van der Waals surface area (Å²) >= 11 is 0. The third kappa shape index (κ3) is 5.88. The Labute approximate surface area is 232 Å². The lowest BCUT2D eigenvalue weighted by Gasteiger charge is -2.25. The smallest absolute Gasteiger partial charge is 0.167 e. The lowest BCUT2D eigenvalue weighted by Crippen LogP contribution is -2.38. The molecule has 0 bridgehead atoms. The summed E-state index contributed by atoms with van der Waals surface area (Å²) in [6.45, 7) is 1.57. The normalized spacial score (nSPS) is 20.7. The van der Waals surface area contributed by atoms with E-state index in [0.29, 0.717) is 43.4 Å². The number of nitrogens with two attached hydrogens (primary N) is 1. The Hall–Kier alpha value is -4.15. The molecule has 204 valence electrons. The summed E-state index contributed by atoms with van der Waals surface area (Å²) in [6.07, 6.45) is 1.20. The molecule has 1 aliphatic rings. The maximum absolute atomic E-state index is 6.64. The maximum atomic E-state index is 6.64. The molecule has 9 heteroatoms. The van der Waals surface area contributed by atoms with Crippen molar-refractivity contribution in [3.05, 3.63) is 120 Å². The Kier molecular flexibility index (Phi) is 8.06. The molecule has 0 amide bonds. The summed E-state index contributed by atoms with van der Waals surface area (Å²) in [6, 6.07) is 30.2. The molecule has 9 nitrogen and oxygen atoms in total. The molecule has 2 aromatic heterocycles. The van der Waals surface area contributed by atoms with Crippen LogP contribution in [0.4, 0.5) is 5.82 Å². The number of nitrogens with zero attached hydrogens (tertiary/aromatic N) is 4. The van der Waals surface area contributed by atoms with E-state index in [-0.39, 0.29) is 0 Å². The van der Waals surface area contributed by atoms with E-state index in [2.05, 4.69) is 15.0 Å². The number of fused-ring (bicyclic) bond motifs is 1. The van der Waals surface area contributed by atoms with Crippen molar-refractivity contribution in [1.29, 1.82) is 0 Å². The lowest BCUT2D eigenvalue weighted by atomic mass is 10.1. The number of ether oxygens (including phenoxy) is 4. The molecule has 0 saturated carbocycles. The molecule has 1 fully saturated rings. The molecule has 6 rings (SSSR count). The number of rotatable bonds is 11. The van der Waals surface area contributed by atoms with Crippen molar-refractivity contribution in [3.63, 3.8) is 0 Å². The minimum absolute atomic E-state index is 0.308. The molecule has 40 heavy (non-hydrogen) atoms. The van der Waals surface area contributed by atoms with Crippen molar-refractivity contribution in [2.45, 2.75) is 44.4 Å². The van der Waals surface area contributed by atoms with E-state index < -0.39 is 24.5 Å². The van der Waals surface area contributed by atoms with Gasteiger partial charge in [-0.25, -0.2) is 15.0 Å².